The van der Waals surface area contributed by atoms with Crippen LogP contribution >= 0.6 is 23.2 Å². The number of aromatic carboxylic acids is 1. The normalized spacial score (nSPS) is 10.7. The van der Waals surface area contributed by atoms with Crippen molar-refractivity contribution >= 4 is 29.2 Å². The Balaban J connectivity index is 2.92. The van der Waals surface area contributed by atoms with E-state index < -0.39 is 11.4 Å². The maximum absolute atomic E-state index is 12.1. The van der Waals surface area contributed by atoms with Gasteiger partial charge in [0.2, 0.25) is 0 Å². The van der Waals surface area contributed by atoms with Gasteiger partial charge in [0.25, 0.3) is 0 Å². The first kappa shape index (κ1) is 16.5. The number of hydrogen-bond donors (Lipinski definition) is 2. The molecule has 0 aliphatic heterocycles. The highest BCUT2D eigenvalue weighted by Crippen LogP contribution is 2.30. The fourth-order valence-electron chi connectivity index (χ4n) is 2.38. The second kappa shape index (κ2) is 6.52. The molecule has 2 rings (SSSR count). The van der Waals surface area contributed by atoms with Crippen LogP contribution in [0.2, 0.25) is 10.0 Å². The maximum Gasteiger partial charge on any atom is 0.341 e. The standard InChI is InChI=1S/C15H14Cl2N2O3/c1-2-19-9(7-18)6-12(20)13(15(21)22)14(19)8-3-4-10(16)11(17)5-8/h3-6H,2,7,18H2,1H3,(H,21,22). The number of hydrogen-bond acceptors (Lipinski definition) is 3. The van der Waals surface area contributed by atoms with E-state index >= 15 is 0 Å². The lowest BCUT2D eigenvalue weighted by molar-refractivity contribution is 0.0695. The van der Waals surface area contributed by atoms with Gasteiger partial charge in [0, 0.05) is 30.4 Å². The second-order valence-corrected chi connectivity index (χ2v) is 5.42. The molecular formula is C15H14Cl2N2O3. The molecule has 0 bridgehead atoms. The van der Waals surface area contributed by atoms with Crippen LogP contribution in [0.5, 0.6) is 0 Å². The molecule has 22 heavy (non-hydrogen) atoms. The summed E-state index contributed by atoms with van der Waals surface area (Å²) < 4.78 is 1.70. The van der Waals surface area contributed by atoms with E-state index in [9.17, 15) is 14.7 Å². The van der Waals surface area contributed by atoms with Gasteiger partial charge in [0.15, 0.2) is 5.43 Å². The highest BCUT2D eigenvalue weighted by molar-refractivity contribution is 6.42. The van der Waals surface area contributed by atoms with Crippen molar-refractivity contribution in [3.8, 4) is 11.3 Å². The quantitative estimate of drug-likeness (QED) is 0.895. The predicted octanol–water partition coefficient (Wildman–Crippen LogP) is 3.00. The highest BCUT2D eigenvalue weighted by Gasteiger charge is 2.21. The minimum absolute atomic E-state index is 0.122. The van der Waals surface area contributed by atoms with Crippen molar-refractivity contribution in [2.75, 3.05) is 0 Å². The number of benzene rings is 1. The SMILES string of the molecule is CCn1c(CN)cc(=O)c(C(=O)O)c1-c1ccc(Cl)c(Cl)c1. The van der Waals surface area contributed by atoms with Crippen LogP contribution in [0, 0.1) is 0 Å². The molecule has 0 radical (unpaired) electrons. The zero-order chi connectivity index (χ0) is 16.4. The highest BCUT2D eigenvalue weighted by atomic mass is 35.5. The number of carbonyl (C=O) groups is 1. The smallest absolute Gasteiger partial charge is 0.341 e. The topological polar surface area (TPSA) is 85.3 Å². The summed E-state index contributed by atoms with van der Waals surface area (Å²) in [6.45, 7) is 2.43. The monoisotopic (exact) mass is 340 g/mol. The summed E-state index contributed by atoms with van der Waals surface area (Å²) in [5.41, 5.74) is 6.11. The van der Waals surface area contributed by atoms with Gasteiger partial charge in [-0.15, -0.1) is 0 Å². The van der Waals surface area contributed by atoms with Crippen molar-refractivity contribution in [3.63, 3.8) is 0 Å². The first-order valence-electron chi connectivity index (χ1n) is 6.56. The van der Waals surface area contributed by atoms with Crippen molar-refractivity contribution in [2.24, 2.45) is 5.73 Å². The molecule has 3 N–H and O–H groups in total. The summed E-state index contributed by atoms with van der Waals surface area (Å²) in [5.74, 6) is -1.29. The first-order valence-corrected chi connectivity index (χ1v) is 7.31. The summed E-state index contributed by atoms with van der Waals surface area (Å²) in [4.78, 5) is 23.7. The number of nitrogens with two attached hydrogens (primary N) is 1. The van der Waals surface area contributed by atoms with E-state index in [1.54, 1.807) is 16.7 Å². The zero-order valence-electron chi connectivity index (χ0n) is 11.8. The van der Waals surface area contributed by atoms with Crippen molar-refractivity contribution < 1.29 is 9.90 Å². The number of pyridine rings is 1. The molecular weight excluding hydrogens is 327 g/mol. The van der Waals surface area contributed by atoms with Crippen LogP contribution in [-0.4, -0.2) is 15.6 Å². The third-order valence-corrected chi connectivity index (χ3v) is 4.07. The van der Waals surface area contributed by atoms with Gasteiger partial charge in [0.05, 0.1) is 15.7 Å². The number of carboxylic acid groups (broad SMARTS) is 1. The third-order valence-electron chi connectivity index (χ3n) is 3.33. The summed E-state index contributed by atoms with van der Waals surface area (Å²) in [6, 6.07) is 5.98. The molecule has 116 valence electrons. The van der Waals surface area contributed by atoms with E-state index in [1.165, 1.54) is 12.1 Å². The van der Waals surface area contributed by atoms with Crippen molar-refractivity contribution in [3.05, 3.63) is 55.8 Å². The lowest BCUT2D eigenvalue weighted by Gasteiger charge is -2.19. The summed E-state index contributed by atoms with van der Waals surface area (Å²) in [6.07, 6.45) is 0. The van der Waals surface area contributed by atoms with Crippen molar-refractivity contribution in [1.29, 1.82) is 0 Å². The molecule has 1 heterocycles. The molecule has 0 unspecified atom stereocenters. The van der Waals surface area contributed by atoms with Crippen LogP contribution in [-0.2, 0) is 13.1 Å². The molecule has 0 spiro atoms. The Morgan fingerprint density at radius 3 is 2.45 bits per heavy atom. The molecule has 0 amide bonds. The van der Waals surface area contributed by atoms with E-state index in [1.807, 2.05) is 6.92 Å². The van der Waals surface area contributed by atoms with Crippen LogP contribution in [0.15, 0.2) is 29.1 Å². The average molecular weight is 341 g/mol. The van der Waals surface area contributed by atoms with Gasteiger partial charge < -0.3 is 15.4 Å². The minimum atomic E-state index is -1.29. The molecule has 0 atom stereocenters. The number of carboxylic acids is 1. The molecule has 0 aliphatic carbocycles. The van der Waals surface area contributed by atoms with Gasteiger partial charge in [-0.1, -0.05) is 29.3 Å². The van der Waals surface area contributed by atoms with E-state index in [0.29, 0.717) is 22.8 Å². The maximum atomic E-state index is 12.1. The largest absolute Gasteiger partial charge is 0.477 e. The molecule has 0 aliphatic rings. The Labute approximate surface area is 136 Å². The predicted molar refractivity (Wildman–Crippen MR) is 86.7 cm³/mol. The van der Waals surface area contributed by atoms with Crippen molar-refractivity contribution in [1.82, 2.24) is 4.57 Å². The lowest BCUT2D eigenvalue weighted by Crippen LogP contribution is -2.24. The van der Waals surface area contributed by atoms with Crippen LogP contribution in [0.25, 0.3) is 11.3 Å². The van der Waals surface area contributed by atoms with E-state index in [4.69, 9.17) is 28.9 Å². The van der Waals surface area contributed by atoms with Gasteiger partial charge in [-0.25, -0.2) is 4.79 Å². The third kappa shape index (κ3) is 2.88. The molecule has 0 saturated heterocycles. The van der Waals surface area contributed by atoms with E-state index in [2.05, 4.69) is 0 Å². The zero-order valence-corrected chi connectivity index (χ0v) is 13.3. The number of rotatable bonds is 4. The fraction of sp³-hybridized carbons (Fsp3) is 0.200. The molecule has 7 heteroatoms. The van der Waals surface area contributed by atoms with Crippen LogP contribution in [0.3, 0.4) is 0 Å². The summed E-state index contributed by atoms with van der Waals surface area (Å²) >= 11 is 11.9. The van der Waals surface area contributed by atoms with Gasteiger partial charge in [-0.3, -0.25) is 4.79 Å². The minimum Gasteiger partial charge on any atom is -0.477 e. The Morgan fingerprint density at radius 1 is 1.27 bits per heavy atom. The number of aromatic nitrogens is 1. The molecule has 2 aromatic rings. The Bertz CT molecular complexity index is 800. The average Bonchev–Trinajstić information content (AvgIpc) is 2.48. The Kier molecular flexibility index (Phi) is 4.90. The van der Waals surface area contributed by atoms with Crippen molar-refractivity contribution in [2.45, 2.75) is 20.0 Å². The number of halogens is 2. The lowest BCUT2D eigenvalue weighted by atomic mass is 10.0. The second-order valence-electron chi connectivity index (χ2n) is 4.61. The fourth-order valence-corrected chi connectivity index (χ4v) is 2.68. The van der Waals surface area contributed by atoms with Crippen LogP contribution in [0.4, 0.5) is 0 Å². The molecule has 1 aromatic carbocycles. The molecule has 0 saturated carbocycles. The van der Waals surface area contributed by atoms with Gasteiger partial charge >= 0.3 is 5.97 Å². The Hall–Kier alpha value is -1.82. The molecule has 1 aromatic heterocycles. The van der Waals surface area contributed by atoms with Crippen LogP contribution < -0.4 is 11.2 Å². The van der Waals surface area contributed by atoms with Gasteiger partial charge in [-0.05, 0) is 19.1 Å². The Morgan fingerprint density at radius 2 is 1.95 bits per heavy atom. The van der Waals surface area contributed by atoms with Crippen LogP contribution in [0.1, 0.15) is 23.0 Å². The van der Waals surface area contributed by atoms with Gasteiger partial charge in [-0.2, -0.15) is 0 Å². The first-order chi connectivity index (χ1) is 10.4. The molecule has 0 fully saturated rings. The molecule has 5 nitrogen and oxygen atoms in total. The van der Waals surface area contributed by atoms with E-state index in [0.717, 1.165) is 0 Å². The van der Waals surface area contributed by atoms with E-state index in [-0.39, 0.29) is 22.8 Å². The number of nitrogens with zero attached hydrogens (tertiary/aromatic N) is 1. The van der Waals surface area contributed by atoms with Gasteiger partial charge in [0.1, 0.15) is 5.56 Å². The summed E-state index contributed by atoms with van der Waals surface area (Å²) in [7, 11) is 0. The summed E-state index contributed by atoms with van der Waals surface area (Å²) in [5, 5.41) is 10.0.